The van der Waals surface area contributed by atoms with Gasteiger partial charge in [0.05, 0.1) is 6.54 Å². The van der Waals surface area contributed by atoms with Gasteiger partial charge in [-0.3, -0.25) is 4.79 Å². The second-order valence-corrected chi connectivity index (χ2v) is 7.89. The van der Waals surface area contributed by atoms with E-state index in [1.165, 1.54) is 9.75 Å². The van der Waals surface area contributed by atoms with E-state index in [1.807, 2.05) is 42.5 Å². The average molecular weight is 387 g/mol. The molecule has 5 nitrogen and oxygen atoms in total. The third-order valence-corrected chi connectivity index (χ3v) is 5.00. The summed E-state index contributed by atoms with van der Waals surface area (Å²) >= 11 is 1.84. The largest absolute Gasteiger partial charge is 0.357 e. The van der Waals surface area contributed by atoms with Crippen molar-refractivity contribution in [2.45, 2.75) is 46.7 Å². The van der Waals surface area contributed by atoms with E-state index in [4.69, 9.17) is 0 Å². The Labute approximate surface area is 166 Å². The lowest BCUT2D eigenvalue weighted by molar-refractivity contribution is 0.0955. The summed E-state index contributed by atoms with van der Waals surface area (Å²) in [5, 5.41) is 9.59. The fourth-order valence-electron chi connectivity index (χ4n) is 2.74. The van der Waals surface area contributed by atoms with Gasteiger partial charge in [-0.25, -0.2) is 4.99 Å². The highest BCUT2D eigenvalue weighted by atomic mass is 32.1. The highest BCUT2D eigenvalue weighted by molar-refractivity contribution is 7.11. The van der Waals surface area contributed by atoms with Crippen molar-refractivity contribution in [2.75, 3.05) is 13.1 Å². The van der Waals surface area contributed by atoms with Crippen molar-refractivity contribution in [3.05, 3.63) is 57.3 Å². The number of guanidine groups is 1. The molecule has 2 aromatic rings. The van der Waals surface area contributed by atoms with Crippen molar-refractivity contribution in [1.29, 1.82) is 0 Å². The number of hydrogen-bond acceptors (Lipinski definition) is 3. The van der Waals surface area contributed by atoms with Crippen LogP contribution in [-0.2, 0) is 13.0 Å². The molecule has 1 heterocycles. The summed E-state index contributed by atoms with van der Waals surface area (Å²) in [6, 6.07) is 12.2. The van der Waals surface area contributed by atoms with Crippen LogP contribution in [0.15, 0.2) is 41.4 Å². The molecule has 0 saturated carbocycles. The summed E-state index contributed by atoms with van der Waals surface area (Å²) in [6.45, 7) is 10.2. The molecule has 0 radical (unpaired) electrons. The molecule has 27 heavy (non-hydrogen) atoms. The van der Waals surface area contributed by atoms with E-state index in [0.29, 0.717) is 18.7 Å². The second kappa shape index (κ2) is 10.7. The van der Waals surface area contributed by atoms with Gasteiger partial charge in [-0.15, -0.1) is 11.3 Å². The van der Waals surface area contributed by atoms with E-state index in [2.05, 4.69) is 53.8 Å². The second-order valence-electron chi connectivity index (χ2n) is 6.52. The predicted octanol–water partition coefficient (Wildman–Crippen LogP) is 3.49. The molecule has 1 amide bonds. The van der Waals surface area contributed by atoms with Gasteiger partial charge in [-0.2, -0.15) is 0 Å². The van der Waals surface area contributed by atoms with Gasteiger partial charge in [0.25, 0.3) is 5.91 Å². The maximum Gasteiger partial charge on any atom is 0.251 e. The fourth-order valence-corrected chi connectivity index (χ4v) is 3.76. The molecule has 0 saturated heterocycles. The first-order valence-corrected chi connectivity index (χ1v) is 10.3. The molecular formula is C21H30N4OS. The summed E-state index contributed by atoms with van der Waals surface area (Å²) in [5.74, 6) is 0.745. The van der Waals surface area contributed by atoms with Gasteiger partial charge < -0.3 is 16.0 Å². The van der Waals surface area contributed by atoms with Crippen LogP contribution in [0.4, 0.5) is 0 Å². The summed E-state index contributed by atoms with van der Waals surface area (Å²) in [6.07, 6.45) is 0.968. The Morgan fingerprint density at radius 2 is 1.93 bits per heavy atom. The van der Waals surface area contributed by atoms with E-state index in [9.17, 15) is 4.79 Å². The van der Waals surface area contributed by atoms with Crippen molar-refractivity contribution in [1.82, 2.24) is 16.0 Å². The highest BCUT2D eigenvalue weighted by Crippen LogP contribution is 2.16. The van der Waals surface area contributed by atoms with Crippen molar-refractivity contribution in [3.63, 3.8) is 0 Å². The maximum absolute atomic E-state index is 12.0. The molecule has 2 rings (SSSR count). The minimum absolute atomic E-state index is 0.0479. The first-order chi connectivity index (χ1) is 13.0. The average Bonchev–Trinajstić information content (AvgIpc) is 3.05. The van der Waals surface area contributed by atoms with Gasteiger partial charge >= 0.3 is 0 Å². The minimum Gasteiger partial charge on any atom is -0.357 e. The topological polar surface area (TPSA) is 65.5 Å². The first-order valence-electron chi connectivity index (χ1n) is 9.49. The van der Waals surface area contributed by atoms with Crippen LogP contribution in [0.3, 0.4) is 0 Å². The Kier molecular flexibility index (Phi) is 8.33. The van der Waals surface area contributed by atoms with Crippen LogP contribution >= 0.6 is 11.3 Å². The van der Waals surface area contributed by atoms with Crippen LogP contribution in [-0.4, -0.2) is 31.0 Å². The van der Waals surface area contributed by atoms with Gasteiger partial charge in [0.1, 0.15) is 0 Å². The lowest BCUT2D eigenvalue weighted by Gasteiger charge is -2.17. The summed E-state index contributed by atoms with van der Waals surface area (Å²) in [7, 11) is 0. The molecule has 1 aromatic heterocycles. The molecule has 0 aliphatic heterocycles. The van der Waals surface area contributed by atoms with Crippen LogP contribution < -0.4 is 16.0 Å². The van der Waals surface area contributed by atoms with Crippen molar-refractivity contribution < 1.29 is 4.79 Å². The number of amides is 1. The maximum atomic E-state index is 12.0. The molecule has 1 unspecified atom stereocenters. The zero-order valence-electron chi connectivity index (χ0n) is 16.6. The van der Waals surface area contributed by atoms with Crippen molar-refractivity contribution in [3.8, 4) is 0 Å². The number of aliphatic imine (C=N–C) groups is 1. The smallest absolute Gasteiger partial charge is 0.251 e. The molecule has 6 heteroatoms. The normalized spacial score (nSPS) is 12.5. The Morgan fingerprint density at radius 1 is 1.15 bits per heavy atom. The Hall–Kier alpha value is -2.34. The van der Waals surface area contributed by atoms with E-state index in [-0.39, 0.29) is 11.9 Å². The molecule has 0 aliphatic carbocycles. The van der Waals surface area contributed by atoms with Crippen LogP contribution in [0, 0.1) is 6.92 Å². The summed E-state index contributed by atoms with van der Waals surface area (Å²) in [4.78, 5) is 19.4. The third-order valence-electron chi connectivity index (χ3n) is 3.98. The van der Waals surface area contributed by atoms with Gasteiger partial charge in [0.2, 0.25) is 0 Å². The quantitative estimate of drug-likeness (QED) is 0.481. The molecule has 0 aliphatic rings. The standard InChI is InChI=1S/C21H30N4OS/c1-5-22-20(26)18-9-7-8-17(13-18)14-24-21(23-6-2)25-15(3)12-19-11-10-16(4)27-19/h7-11,13,15H,5-6,12,14H2,1-4H3,(H,22,26)(H2,23,24,25). The highest BCUT2D eigenvalue weighted by Gasteiger charge is 2.08. The van der Waals surface area contributed by atoms with Gasteiger partial charge in [-0.05, 0) is 57.5 Å². The molecule has 146 valence electrons. The number of benzene rings is 1. The van der Waals surface area contributed by atoms with Crippen LogP contribution in [0.1, 0.15) is 46.4 Å². The number of thiophene rings is 1. The lowest BCUT2D eigenvalue weighted by atomic mass is 10.1. The molecular weight excluding hydrogens is 356 g/mol. The van der Waals surface area contributed by atoms with Crippen LogP contribution in [0.5, 0.6) is 0 Å². The lowest BCUT2D eigenvalue weighted by Crippen LogP contribution is -2.43. The molecule has 0 fully saturated rings. The first kappa shape index (κ1) is 21.0. The molecule has 1 aromatic carbocycles. The molecule has 1 atom stereocenters. The van der Waals surface area contributed by atoms with Crippen molar-refractivity contribution >= 4 is 23.2 Å². The number of aryl methyl sites for hydroxylation is 1. The number of rotatable bonds is 8. The van der Waals surface area contributed by atoms with E-state index in [0.717, 1.165) is 24.5 Å². The zero-order chi connectivity index (χ0) is 19.6. The predicted molar refractivity (Wildman–Crippen MR) is 115 cm³/mol. The Morgan fingerprint density at radius 3 is 2.59 bits per heavy atom. The van der Waals surface area contributed by atoms with E-state index < -0.39 is 0 Å². The number of carbonyl (C=O) groups is 1. The van der Waals surface area contributed by atoms with Gasteiger partial charge in [0.15, 0.2) is 5.96 Å². The fraction of sp³-hybridized carbons (Fsp3) is 0.429. The Balaban J connectivity index is 2.00. The summed E-state index contributed by atoms with van der Waals surface area (Å²) in [5.41, 5.74) is 1.68. The van der Waals surface area contributed by atoms with Crippen molar-refractivity contribution in [2.24, 2.45) is 4.99 Å². The number of nitrogens with one attached hydrogen (secondary N) is 3. The third kappa shape index (κ3) is 7.06. The number of carbonyl (C=O) groups excluding carboxylic acids is 1. The SMILES string of the molecule is CCNC(=O)c1cccc(CN=C(NCC)NC(C)Cc2ccc(C)s2)c1. The van der Waals surface area contributed by atoms with Crippen LogP contribution in [0.25, 0.3) is 0 Å². The van der Waals surface area contributed by atoms with Crippen LogP contribution in [0.2, 0.25) is 0 Å². The Bertz CT molecular complexity index is 769. The zero-order valence-corrected chi connectivity index (χ0v) is 17.5. The monoisotopic (exact) mass is 386 g/mol. The van der Waals surface area contributed by atoms with Gasteiger partial charge in [-0.1, -0.05) is 12.1 Å². The number of hydrogen-bond donors (Lipinski definition) is 3. The molecule has 3 N–H and O–H groups in total. The summed E-state index contributed by atoms with van der Waals surface area (Å²) < 4.78 is 0. The minimum atomic E-state index is -0.0479. The van der Waals surface area contributed by atoms with E-state index in [1.54, 1.807) is 0 Å². The molecule has 0 bridgehead atoms. The number of nitrogens with zero attached hydrogens (tertiary/aromatic N) is 1. The van der Waals surface area contributed by atoms with Gasteiger partial charge in [0, 0.05) is 40.9 Å². The molecule has 0 spiro atoms. The van der Waals surface area contributed by atoms with E-state index >= 15 is 0 Å².